The van der Waals surface area contributed by atoms with Crippen LogP contribution in [0.5, 0.6) is 0 Å². The van der Waals surface area contributed by atoms with E-state index in [0.29, 0.717) is 11.3 Å². The van der Waals surface area contributed by atoms with Gasteiger partial charge in [0.15, 0.2) is 0 Å². The molecule has 1 unspecified atom stereocenters. The summed E-state index contributed by atoms with van der Waals surface area (Å²) in [6, 6.07) is 10.7. The van der Waals surface area contributed by atoms with Crippen molar-refractivity contribution < 1.29 is 8.78 Å². The molecule has 0 bridgehead atoms. The van der Waals surface area contributed by atoms with E-state index in [1.165, 1.54) is 30.3 Å². The van der Waals surface area contributed by atoms with Gasteiger partial charge in [0.2, 0.25) is 0 Å². The number of anilines is 1. The molecule has 0 aliphatic heterocycles. The van der Waals surface area contributed by atoms with E-state index < -0.39 is 17.7 Å². The highest BCUT2D eigenvalue weighted by molar-refractivity contribution is 6.31. The van der Waals surface area contributed by atoms with Crippen molar-refractivity contribution >= 4 is 17.3 Å². The molecule has 0 amide bonds. The van der Waals surface area contributed by atoms with Crippen molar-refractivity contribution in [2.24, 2.45) is 0 Å². The van der Waals surface area contributed by atoms with Gasteiger partial charge < -0.3 is 5.32 Å². The maximum absolute atomic E-state index is 13.1. The van der Waals surface area contributed by atoms with Gasteiger partial charge in [0.05, 0.1) is 6.07 Å². The normalized spacial score (nSPS) is 11.7. The molecule has 0 saturated carbocycles. The Morgan fingerprint density at radius 1 is 1.11 bits per heavy atom. The Labute approximate surface area is 114 Å². The number of hydrogen-bond acceptors (Lipinski definition) is 2. The Balaban J connectivity index is 2.28. The van der Waals surface area contributed by atoms with Crippen LogP contribution in [0.1, 0.15) is 11.6 Å². The Hall–Kier alpha value is -2.12. The first kappa shape index (κ1) is 13.3. The SMILES string of the molecule is N#CC(Nc1cccc(F)c1)c1ccc(F)cc1Cl. The Kier molecular flexibility index (Phi) is 3.98. The highest BCUT2D eigenvalue weighted by Crippen LogP contribution is 2.26. The first-order valence-electron chi connectivity index (χ1n) is 5.47. The molecule has 2 aromatic rings. The molecule has 5 heteroatoms. The fourth-order valence-electron chi connectivity index (χ4n) is 1.66. The van der Waals surface area contributed by atoms with Crippen LogP contribution in [0.3, 0.4) is 0 Å². The molecule has 1 atom stereocenters. The Morgan fingerprint density at radius 2 is 1.84 bits per heavy atom. The highest BCUT2D eigenvalue weighted by atomic mass is 35.5. The highest BCUT2D eigenvalue weighted by Gasteiger charge is 2.14. The van der Waals surface area contributed by atoms with Gasteiger partial charge in [-0.05, 0) is 30.3 Å². The smallest absolute Gasteiger partial charge is 0.141 e. The van der Waals surface area contributed by atoms with E-state index in [1.54, 1.807) is 6.07 Å². The minimum atomic E-state index is -0.783. The summed E-state index contributed by atoms with van der Waals surface area (Å²) in [5, 5.41) is 12.1. The quantitative estimate of drug-likeness (QED) is 0.909. The van der Waals surface area contributed by atoms with Crippen LogP contribution in [0.15, 0.2) is 42.5 Å². The van der Waals surface area contributed by atoms with E-state index >= 15 is 0 Å². The summed E-state index contributed by atoms with van der Waals surface area (Å²) in [6.07, 6.45) is 0. The number of rotatable bonds is 3. The predicted molar refractivity (Wildman–Crippen MR) is 69.8 cm³/mol. The van der Waals surface area contributed by atoms with Crippen LogP contribution >= 0.6 is 11.6 Å². The van der Waals surface area contributed by atoms with Crippen molar-refractivity contribution in [3.63, 3.8) is 0 Å². The molecular formula is C14H9ClF2N2. The third kappa shape index (κ3) is 3.21. The molecule has 0 aliphatic carbocycles. The third-order valence-corrected chi connectivity index (χ3v) is 2.87. The van der Waals surface area contributed by atoms with E-state index in [1.807, 2.05) is 6.07 Å². The first-order valence-corrected chi connectivity index (χ1v) is 5.84. The fourth-order valence-corrected chi connectivity index (χ4v) is 1.94. The second-order valence-electron chi connectivity index (χ2n) is 3.88. The first-order chi connectivity index (χ1) is 9.10. The van der Waals surface area contributed by atoms with Gasteiger partial charge in [0.1, 0.15) is 17.7 Å². The molecule has 19 heavy (non-hydrogen) atoms. The standard InChI is InChI=1S/C14H9ClF2N2/c15-13-7-10(17)4-5-12(13)14(8-18)19-11-3-1-2-9(16)6-11/h1-7,14,19H. The molecular weight excluding hydrogens is 270 g/mol. The van der Waals surface area contributed by atoms with Crippen LogP contribution in [0.4, 0.5) is 14.5 Å². The van der Waals surface area contributed by atoms with Crippen molar-refractivity contribution in [3.8, 4) is 6.07 Å². The third-order valence-electron chi connectivity index (χ3n) is 2.54. The van der Waals surface area contributed by atoms with Crippen molar-refractivity contribution in [1.82, 2.24) is 0 Å². The molecule has 2 aromatic carbocycles. The van der Waals surface area contributed by atoms with E-state index in [9.17, 15) is 8.78 Å². The maximum atomic E-state index is 13.1. The fraction of sp³-hybridized carbons (Fsp3) is 0.0714. The molecule has 2 nitrogen and oxygen atoms in total. The lowest BCUT2D eigenvalue weighted by molar-refractivity contribution is 0.627. The van der Waals surface area contributed by atoms with Crippen LogP contribution in [-0.4, -0.2) is 0 Å². The average molecular weight is 279 g/mol. The van der Waals surface area contributed by atoms with Crippen LogP contribution in [0.2, 0.25) is 5.02 Å². The maximum Gasteiger partial charge on any atom is 0.141 e. The number of hydrogen-bond donors (Lipinski definition) is 1. The van der Waals surface area contributed by atoms with Gasteiger partial charge in [-0.25, -0.2) is 8.78 Å². The summed E-state index contributed by atoms with van der Waals surface area (Å²) in [6.45, 7) is 0. The molecule has 0 aromatic heterocycles. The van der Waals surface area contributed by atoms with Gasteiger partial charge in [-0.15, -0.1) is 0 Å². The Morgan fingerprint density at radius 3 is 2.47 bits per heavy atom. The summed E-state index contributed by atoms with van der Waals surface area (Å²) in [4.78, 5) is 0. The van der Waals surface area contributed by atoms with Gasteiger partial charge in [0, 0.05) is 16.3 Å². The lowest BCUT2D eigenvalue weighted by atomic mass is 10.1. The number of benzene rings is 2. The van der Waals surface area contributed by atoms with Crippen LogP contribution in [-0.2, 0) is 0 Å². The van der Waals surface area contributed by atoms with Crippen molar-refractivity contribution in [3.05, 3.63) is 64.7 Å². The molecule has 0 aliphatic rings. The number of nitrogens with one attached hydrogen (secondary N) is 1. The molecule has 96 valence electrons. The van der Waals surface area contributed by atoms with Crippen LogP contribution < -0.4 is 5.32 Å². The Bertz CT molecular complexity index is 638. The monoisotopic (exact) mass is 278 g/mol. The van der Waals surface area contributed by atoms with E-state index in [2.05, 4.69) is 5.32 Å². The largest absolute Gasteiger partial charge is 0.366 e. The number of nitrogens with zero attached hydrogens (tertiary/aromatic N) is 1. The molecule has 0 radical (unpaired) electrons. The van der Waals surface area contributed by atoms with Crippen LogP contribution in [0.25, 0.3) is 0 Å². The summed E-state index contributed by atoms with van der Waals surface area (Å²) < 4.78 is 26.0. The average Bonchev–Trinajstić information content (AvgIpc) is 2.37. The zero-order chi connectivity index (χ0) is 13.8. The van der Waals surface area contributed by atoms with Gasteiger partial charge in [-0.1, -0.05) is 23.7 Å². The predicted octanol–water partition coefficient (Wildman–Crippen LogP) is 4.29. The molecule has 1 N–H and O–H groups in total. The minimum Gasteiger partial charge on any atom is -0.366 e. The summed E-state index contributed by atoms with van der Waals surface area (Å²) in [5.41, 5.74) is 0.891. The second kappa shape index (κ2) is 5.68. The minimum absolute atomic E-state index is 0.149. The van der Waals surface area contributed by atoms with Crippen molar-refractivity contribution in [2.45, 2.75) is 6.04 Å². The van der Waals surface area contributed by atoms with E-state index in [0.717, 1.165) is 6.07 Å². The van der Waals surface area contributed by atoms with Crippen molar-refractivity contribution in [1.29, 1.82) is 5.26 Å². The van der Waals surface area contributed by atoms with Gasteiger partial charge in [0.25, 0.3) is 0 Å². The number of halogens is 3. The second-order valence-corrected chi connectivity index (χ2v) is 4.29. The van der Waals surface area contributed by atoms with Gasteiger partial charge >= 0.3 is 0 Å². The topological polar surface area (TPSA) is 35.8 Å². The summed E-state index contributed by atoms with van der Waals surface area (Å²) in [7, 11) is 0. The molecule has 2 rings (SSSR count). The van der Waals surface area contributed by atoms with E-state index in [4.69, 9.17) is 16.9 Å². The summed E-state index contributed by atoms with van der Waals surface area (Å²) >= 11 is 5.90. The summed E-state index contributed by atoms with van der Waals surface area (Å²) in [5.74, 6) is -0.886. The van der Waals surface area contributed by atoms with Crippen molar-refractivity contribution in [2.75, 3.05) is 5.32 Å². The molecule has 0 fully saturated rings. The lowest BCUT2D eigenvalue weighted by Crippen LogP contribution is -2.09. The van der Waals surface area contributed by atoms with E-state index in [-0.39, 0.29) is 5.02 Å². The lowest BCUT2D eigenvalue weighted by Gasteiger charge is -2.14. The van der Waals surface area contributed by atoms with Gasteiger partial charge in [-0.2, -0.15) is 5.26 Å². The van der Waals surface area contributed by atoms with Crippen LogP contribution in [0, 0.1) is 23.0 Å². The molecule has 0 saturated heterocycles. The number of nitriles is 1. The zero-order valence-electron chi connectivity index (χ0n) is 9.70. The zero-order valence-corrected chi connectivity index (χ0v) is 10.5. The molecule has 0 heterocycles. The molecule has 0 spiro atoms. The van der Waals surface area contributed by atoms with Gasteiger partial charge in [-0.3, -0.25) is 0 Å².